The second-order valence-electron chi connectivity index (χ2n) is 6.28. The Kier molecular flexibility index (Phi) is 7.71. The number of hydrogen-bond donors (Lipinski definition) is 4. The molecule has 0 aliphatic rings. The maximum absolute atomic E-state index is 12.3. The molecule has 3 aromatic carbocycles. The number of rotatable bonds is 5. The molecule has 0 saturated heterocycles. The summed E-state index contributed by atoms with van der Waals surface area (Å²) in [5.41, 5.74) is 8.85. The molecule has 0 bridgehead atoms. The number of aromatic hydroxyl groups is 1. The molecule has 0 saturated carbocycles. The van der Waals surface area contributed by atoms with Gasteiger partial charge in [-0.1, -0.05) is 0 Å². The monoisotopic (exact) mass is 413 g/mol. The van der Waals surface area contributed by atoms with Crippen molar-refractivity contribution in [2.75, 3.05) is 11.1 Å². The summed E-state index contributed by atoms with van der Waals surface area (Å²) in [6.07, 6.45) is 0. The third kappa shape index (κ3) is 5.66. The number of amides is 1. The molecule has 3 aromatic rings. The number of hydrogen-bond acceptors (Lipinski definition) is 6. The van der Waals surface area contributed by atoms with Gasteiger partial charge in [0.1, 0.15) is 11.3 Å². The number of carboxylic acid groups (broad SMARTS) is 1. The predicted molar refractivity (Wildman–Crippen MR) is 115 cm³/mol. The van der Waals surface area contributed by atoms with Gasteiger partial charge in [-0.25, -0.2) is 4.79 Å². The average molecular weight is 413 g/mol. The number of nitrogen functional groups attached to an aromatic ring is 1. The molecule has 0 aromatic heterocycles. The Morgan fingerprint density at radius 1 is 0.933 bits per heavy atom. The Morgan fingerprint density at radius 3 is 2.20 bits per heavy atom. The first-order valence-corrected chi connectivity index (χ1v) is 8.59. The van der Waals surface area contributed by atoms with Crippen molar-refractivity contribution in [1.29, 1.82) is 0 Å². The van der Waals surface area contributed by atoms with Gasteiger partial charge in [-0.2, -0.15) is 10.2 Å². The van der Waals surface area contributed by atoms with Crippen LogP contribution in [0.3, 0.4) is 0 Å². The molecule has 5 N–H and O–H groups in total. The SMILES string of the molecule is Cc1cc(C(=O)Nc2ccc(N=Nc3ccc(O)c(C(=O)O)c3)cc2)ccc1N.[Na]. The second-order valence-corrected chi connectivity index (χ2v) is 6.28. The molecule has 1 amide bonds. The maximum Gasteiger partial charge on any atom is 0.339 e. The molecule has 0 heterocycles. The summed E-state index contributed by atoms with van der Waals surface area (Å²) in [5, 5.41) is 29.3. The van der Waals surface area contributed by atoms with E-state index >= 15 is 0 Å². The molecule has 8 nitrogen and oxygen atoms in total. The number of carboxylic acids is 1. The molecule has 3 rings (SSSR count). The minimum absolute atomic E-state index is 0. The number of nitrogens with zero attached hydrogens (tertiary/aromatic N) is 2. The Morgan fingerprint density at radius 2 is 1.57 bits per heavy atom. The van der Waals surface area contributed by atoms with Crippen molar-refractivity contribution in [2.45, 2.75) is 6.92 Å². The number of benzene rings is 3. The number of aryl methyl sites for hydroxylation is 1. The Balaban J connectivity index is 0.00000320. The van der Waals surface area contributed by atoms with Crippen molar-refractivity contribution in [3.05, 3.63) is 77.4 Å². The van der Waals surface area contributed by atoms with E-state index in [0.717, 1.165) is 5.56 Å². The van der Waals surface area contributed by atoms with Crippen molar-refractivity contribution < 1.29 is 19.8 Å². The Labute approximate surface area is 194 Å². The van der Waals surface area contributed by atoms with Crippen molar-refractivity contribution in [2.24, 2.45) is 10.2 Å². The molecular weight excluding hydrogens is 395 g/mol. The number of anilines is 2. The van der Waals surface area contributed by atoms with Crippen molar-refractivity contribution in [3.63, 3.8) is 0 Å². The molecule has 30 heavy (non-hydrogen) atoms. The zero-order chi connectivity index (χ0) is 21.0. The van der Waals surface area contributed by atoms with Crippen LogP contribution < -0.4 is 11.1 Å². The fourth-order valence-electron chi connectivity index (χ4n) is 2.50. The van der Waals surface area contributed by atoms with Gasteiger partial charge in [-0.05, 0) is 73.2 Å². The van der Waals surface area contributed by atoms with Crippen molar-refractivity contribution in [1.82, 2.24) is 0 Å². The number of carbonyl (C=O) groups excluding carboxylic acids is 1. The van der Waals surface area contributed by atoms with Gasteiger partial charge < -0.3 is 21.3 Å². The zero-order valence-corrected chi connectivity index (χ0v) is 18.5. The van der Waals surface area contributed by atoms with Crippen LogP contribution in [-0.4, -0.2) is 51.6 Å². The summed E-state index contributed by atoms with van der Waals surface area (Å²) in [5.74, 6) is -1.85. The van der Waals surface area contributed by atoms with Crippen LogP contribution in [0.2, 0.25) is 0 Å². The standard InChI is InChI=1S/C21H18N4O4.Na/c1-12-10-13(2-8-18(12)22)20(27)23-14-3-5-15(6-4-14)24-25-16-7-9-19(26)17(11-16)21(28)29;/h2-11,26H,22H2,1H3,(H,23,27)(H,28,29);. The molecule has 1 radical (unpaired) electrons. The minimum atomic E-state index is -1.25. The van der Waals surface area contributed by atoms with Gasteiger partial charge >= 0.3 is 5.97 Å². The molecule has 9 heteroatoms. The van der Waals surface area contributed by atoms with Crippen molar-refractivity contribution in [3.8, 4) is 5.75 Å². The predicted octanol–water partition coefficient (Wildman–Crippen LogP) is 4.27. The second kappa shape index (κ2) is 10.0. The largest absolute Gasteiger partial charge is 0.507 e. The molecule has 147 valence electrons. The zero-order valence-electron chi connectivity index (χ0n) is 16.5. The van der Waals surface area contributed by atoms with Gasteiger partial charge in [0.15, 0.2) is 0 Å². The van der Waals surface area contributed by atoms with E-state index in [2.05, 4.69) is 15.5 Å². The van der Waals surface area contributed by atoms with Crippen molar-refractivity contribution >= 4 is 64.2 Å². The van der Waals surface area contributed by atoms with Crippen LogP contribution in [0.5, 0.6) is 5.75 Å². The molecule has 0 fully saturated rings. The summed E-state index contributed by atoms with van der Waals surface area (Å²) in [6, 6.07) is 15.7. The van der Waals surface area contributed by atoms with E-state index < -0.39 is 5.97 Å². The normalized spacial score (nSPS) is 10.4. The number of aromatic carboxylic acids is 1. The topological polar surface area (TPSA) is 137 Å². The quantitative estimate of drug-likeness (QED) is 0.281. The third-order valence-electron chi connectivity index (χ3n) is 4.15. The van der Waals surface area contributed by atoms with E-state index in [4.69, 9.17) is 10.8 Å². The fraction of sp³-hybridized carbons (Fsp3) is 0.0476. The van der Waals surface area contributed by atoms with Gasteiger partial charge in [0.2, 0.25) is 0 Å². The fourth-order valence-corrected chi connectivity index (χ4v) is 2.50. The first-order valence-electron chi connectivity index (χ1n) is 8.59. The summed E-state index contributed by atoms with van der Waals surface area (Å²) in [7, 11) is 0. The van der Waals surface area contributed by atoms with Crippen LogP contribution in [0.4, 0.5) is 22.7 Å². The first-order chi connectivity index (χ1) is 13.8. The first kappa shape index (κ1) is 23.1. The minimum Gasteiger partial charge on any atom is -0.507 e. The molecular formula is C21H18N4NaO4. The van der Waals surface area contributed by atoms with Crippen LogP contribution in [0, 0.1) is 6.92 Å². The number of azo groups is 1. The van der Waals surface area contributed by atoms with E-state index in [-0.39, 0.29) is 52.5 Å². The number of carbonyl (C=O) groups is 2. The number of phenols is 1. The van der Waals surface area contributed by atoms with E-state index in [1.807, 2.05) is 6.92 Å². The summed E-state index contributed by atoms with van der Waals surface area (Å²) in [6.45, 7) is 1.83. The van der Waals surface area contributed by atoms with Gasteiger partial charge in [0.05, 0.1) is 11.4 Å². The van der Waals surface area contributed by atoms with Crippen LogP contribution in [-0.2, 0) is 0 Å². The van der Waals surface area contributed by atoms with Gasteiger partial charge in [0.25, 0.3) is 5.91 Å². The van der Waals surface area contributed by atoms with Crippen LogP contribution in [0.1, 0.15) is 26.3 Å². The molecule has 0 atom stereocenters. The molecule has 0 aliphatic carbocycles. The molecule has 0 aliphatic heterocycles. The van der Waals surface area contributed by atoms with E-state index in [1.54, 1.807) is 42.5 Å². The third-order valence-corrected chi connectivity index (χ3v) is 4.15. The Bertz CT molecular complexity index is 1110. The van der Waals surface area contributed by atoms with Gasteiger partial charge in [-0.3, -0.25) is 4.79 Å². The average Bonchev–Trinajstić information content (AvgIpc) is 2.70. The Hall–Kier alpha value is -3.20. The van der Waals surface area contributed by atoms with Crippen LogP contribution >= 0.6 is 0 Å². The van der Waals surface area contributed by atoms with Crippen LogP contribution in [0.15, 0.2) is 70.9 Å². The summed E-state index contributed by atoms with van der Waals surface area (Å²) < 4.78 is 0. The van der Waals surface area contributed by atoms with E-state index in [1.165, 1.54) is 18.2 Å². The van der Waals surface area contributed by atoms with Crippen LogP contribution in [0.25, 0.3) is 0 Å². The van der Waals surface area contributed by atoms with Gasteiger partial charge in [-0.15, -0.1) is 0 Å². The van der Waals surface area contributed by atoms with E-state index in [9.17, 15) is 14.7 Å². The molecule has 0 spiro atoms. The summed E-state index contributed by atoms with van der Waals surface area (Å²) >= 11 is 0. The number of nitrogens with two attached hydrogens (primary N) is 1. The smallest absolute Gasteiger partial charge is 0.339 e. The molecule has 0 unspecified atom stereocenters. The van der Waals surface area contributed by atoms with E-state index in [0.29, 0.717) is 22.6 Å². The number of nitrogens with one attached hydrogen (secondary N) is 1. The van der Waals surface area contributed by atoms with Gasteiger partial charge in [0, 0.05) is 46.5 Å². The maximum atomic E-state index is 12.3. The summed E-state index contributed by atoms with van der Waals surface area (Å²) in [4.78, 5) is 23.4.